The van der Waals surface area contributed by atoms with E-state index in [4.69, 9.17) is 14.2 Å². The lowest BCUT2D eigenvalue weighted by molar-refractivity contribution is -0.132. The number of carbonyl (C=O) groups is 1. The Morgan fingerprint density at radius 3 is 2.41 bits per heavy atom. The van der Waals surface area contributed by atoms with Crippen molar-refractivity contribution in [2.45, 2.75) is 31.7 Å². The molecule has 27 heavy (non-hydrogen) atoms. The van der Waals surface area contributed by atoms with Gasteiger partial charge in [-0.2, -0.15) is 0 Å². The molecule has 144 valence electrons. The second-order valence-corrected chi connectivity index (χ2v) is 6.71. The average Bonchev–Trinajstić information content (AvgIpc) is 3.21. The standard InChI is InChI=1S/C22H27NO4/c1-25-18-10-6-16(7-11-18)8-13-22(24)23-14-4-5-19(23)17-9-12-20(26-2)21(15-17)27-3/h6-7,9-12,15,19H,4-5,8,13-14H2,1-3H3. The second kappa shape index (κ2) is 8.80. The van der Waals surface area contributed by atoms with Gasteiger partial charge in [-0.15, -0.1) is 0 Å². The van der Waals surface area contributed by atoms with Gasteiger partial charge >= 0.3 is 0 Å². The van der Waals surface area contributed by atoms with E-state index >= 15 is 0 Å². The van der Waals surface area contributed by atoms with E-state index in [1.165, 1.54) is 0 Å². The molecule has 1 amide bonds. The molecule has 3 rings (SSSR count). The normalized spacial score (nSPS) is 16.3. The fourth-order valence-corrected chi connectivity index (χ4v) is 3.66. The number of hydrogen-bond acceptors (Lipinski definition) is 4. The van der Waals surface area contributed by atoms with Crippen molar-refractivity contribution in [1.29, 1.82) is 0 Å². The van der Waals surface area contributed by atoms with Crippen molar-refractivity contribution in [3.63, 3.8) is 0 Å². The van der Waals surface area contributed by atoms with E-state index in [1.807, 2.05) is 47.4 Å². The van der Waals surface area contributed by atoms with Crippen LogP contribution in [-0.4, -0.2) is 38.7 Å². The number of methoxy groups -OCH3 is 3. The van der Waals surface area contributed by atoms with E-state index in [0.29, 0.717) is 17.9 Å². The Balaban J connectivity index is 1.67. The van der Waals surface area contributed by atoms with Gasteiger partial charge in [0.15, 0.2) is 11.5 Å². The van der Waals surface area contributed by atoms with E-state index in [2.05, 4.69) is 0 Å². The van der Waals surface area contributed by atoms with Crippen molar-refractivity contribution >= 4 is 5.91 Å². The van der Waals surface area contributed by atoms with Crippen LogP contribution in [-0.2, 0) is 11.2 Å². The molecule has 2 aromatic rings. The maximum Gasteiger partial charge on any atom is 0.223 e. The molecule has 0 saturated carbocycles. The summed E-state index contributed by atoms with van der Waals surface area (Å²) in [4.78, 5) is 14.9. The van der Waals surface area contributed by atoms with E-state index in [0.717, 1.165) is 42.7 Å². The SMILES string of the molecule is COc1ccc(CCC(=O)N2CCCC2c2ccc(OC)c(OC)c2)cc1. The zero-order valence-corrected chi connectivity index (χ0v) is 16.2. The number of benzene rings is 2. The molecule has 0 spiro atoms. The molecule has 1 aliphatic rings. The van der Waals surface area contributed by atoms with Crippen LogP contribution in [0.2, 0.25) is 0 Å². The van der Waals surface area contributed by atoms with Crippen LogP contribution in [0.15, 0.2) is 42.5 Å². The molecule has 1 saturated heterocycles. The summed E-state index contributed by atoms with van der Waals surface area (Å²) in [6.45, 7) is 0.806. The number of rotatable bonds is 7. The fraction of sp³-hybridized carbons (Fsp3) is 0.409. The van der Waals surface area contributed by atoms with Crippen LogP contribution in [0.4, 0.5) is 0 Å². The van der Waals surface area contributed by atoms with Gasteiger partial charge in [-0.1, -0.05) is 18.2 Å². The molecule has 0 N–H and O–H groups in total. The van der Waals surface area contributed by atoms with E-state index < -0.39 is 0 Å². The van der Waals surface area contributed by atoms with E-state index in [9.17, 15) is 4.79 Å². The first-order chi connectivity index (χ1) is 13.2. The molecule has 1 aliphatic heterocycles. The van der Waals surface area contributed by atoms with Crippen molar-refractivity contribution in [2.75, 3.05) is 27.9 Å². The number of hydrogen-bond donors (Lipinski definition) is 0. The lowest BCUT2D eigenvalue weighted by Crippen LogP contribution is -2.30. The van der Waals surface area contributed by atoms with E-state index in [1.54, 1.807) is 21.3 Å². The number of nitrogens with zero attached hydrogens (tertiary/aromatic N) is 1. The predicted molar refractivity (Wildman–Crippen MR) is 105 cm³/mol. The summed E-state index contributed by atoms with van der Waals surface area (Å²) in [5.41, 5.74) is 2.24. The van der Waals surface area contributed by atoms with Gasteiger partial charge < -0.3 is 19.1 Å². The Labute approximate surface area is 160 Å². The van der Waals surface area contributed by atoms with Gasteiger partial charge in [-0.05, 0) is 54.7 Å². The summed E-state index contributed by atoms with van der Waals surface area (Å²) in [5.74, 6) is 2.44. The van der Waals surface area contributed by atoms with E-state index in [-0.39, 0.29) is 11.9 Å². The third-order valence-corrected chi connectivity index (χ3v) is 5.15. The van der Waals surface area contributed by atoms with Crippen LogP contribution >= 0.6 is 0 Å². The quantitative estimate of drug-likeness (QED) is 0.740. The molecule has 0 bridgehead atoms. The topological polar surface area (TPSA) is 48.0 Å². The monoisotopic (exact) mass is 369 g/mol. The van der Waals surface area contributed by atoms with Crippen molar-refractivity contribution in [2.24, 2.45) is 0 Å². The molecular weight excluding hydrogens is 342 g/mol. The molecule has 5 heteroatoms. The minimum atomic E-state index is 0.105. The summed E-state index contributed by atoms with van der Waals surface area (Å²) in [5, 5.41) is 0. The highest BCUT2D eigenvalue weighted by molar-refractivity contribution is 5.77. The highest BCUT2D eigenvalue weighted by Gasteiger charge is 2.30. The molecule has 1 heterocycles. The van der Waals surface area contributed by atoms with Gasteiger partial charge in [-0.3, -0.25) is 4.79 Å². The Hall–Kier alpha value is -2.69. The third-order valence-electron chi connectivity index (χ3n) is 5.15. The number of amides is 1. The first-order valence-corrected chi connectivity index (χ1v) is 9.30. The van der Waals surface area contributed by atoms with Gasteiger partial charge in [-0.25, -0.2) is 0 Å². The van der Waals surface area contributed by atoms with Crippen LogP contribution in [0, 0.1) is 0 Å². The Morgan fingerprint density at radius 2 is 1.74 bits per heavy atom. The summed E-state index contributed by atoms with van der Waals surface area (Å²) in [6, 6.07) is 13.9. The molecule has 0 aromatic heterocycles. The molecule has 1 atom stereocenters. The summed E-state index contributed by atoms with van der Waals surface area (Å²) < 4.78 is 15.9. The second-order valence-electron chi connectivity index (χ2n) is 6.71. The number of aryl methyl sites for hydroxylation is 1. The highest BCUT2D eigenvalue weighted by atomic mass is 16.5. The predicted octanol–water partition coefficient (Wildman–Crippen LogP) is 4.01. The van der Waals surface area contributed by atoms with Crippen molar-refractivity contribution in [3.8, 4) is 17.2 Å². The van der Waals surface area contributed by atoms with Crippen LogP contribution < -0.4 is 14.2 Å². The minimum Gasteiger partial charge on any atom is -0.497 e. The van der Waals surface area contributed by atoms with Gasteiger partial charge in [0.25, 0.3) is 0 Å². The average molecular weight is 369 g/mol. The lowest BCUT2D eigenvalue weighted by Gasteiger charge is -2.26. The summed E-state index contributed by atoms with van der Waals surface area (Å²) in [7, 11) is 4.91. The molecule has 5 nitrogen and oxygen atoms in total. The summed E-state index contributed by atoms with van der Waals surface area (Å²) in [6.07, 6.45) is 3.24. The largest absolute Gasteiger partial charge is 0.497 e. The highest BCUT2D eigenvalue weighted by Crippen LogP contribution is 2.37. The molecule has 0 radical (unpaired) electrons. The molecule has 0 aliphatic carbocycles. The fourth-order valence-electron chi connectivity index (χ4n) is 3.66. The minimum absolute atomic E-state index is 0.105. The molecule has 1 fully saturated rings. The Kier molecular flexibility index (Phi) is 6.22. The number of likely N-dealkylation sites (tertiary alicyclic amines) is 1. The molecular formula is C22H27NO4. The van der Waals surface area contributed by atoms with Gasteiger partial charge in [0, 0.05) is 13.0 Å². The molecule has 1 unspecified atom stereocenters. The Bertz CT molecular complexity index is 772. The molecule has 2 aromatic carbocycles. The number of carbonyl (C=O) groups excluding carboxylic acids is 1. The maximum atomic E-state index is 12.8. The maximum absolute atomic E-state index is 12.8. The smallest absolute Gasteiger partial charge is 0.223 e. The third kappa shape index (κ3) is 4.35. The van der Waals surface area contributed by atoms with Crippen LogP contribution in [0.3, 0.4) is 0 Å². The van der Waals surface area contributed by atoms with Crippen LogP contribution in [0.5, 0.6) is 17.2 Å². The summed E-state index contributed by atoms with van der Waals surface area (Å²) >= 11 is 0. The van der Waals surface area contributed by atoms with Crippen LogP contribution in [0.1, 0.15) is 36.4 Å². The van der Waals surface area contributed by atoms with Crippen molar-refractivity contribution < 1.29 is 19.0 Å². The zero-order chi connectivity index (χ0) is 19.2. The van der Waals surface area contributed by atoms with Crippen molar-refractivity contribution in [3.05, 3.63) is 53.6 Å². The Morgan fingerprint density at radius 1 is 1.00 bits per heavy atom. The zero-order valence-electron chi connectivity index (χ0n) is 16.2. The lowest BCUT2D eigenvalue weighted by atomic mass is 10.0. The van der Waals surface area contributed by atoms with Crippen LogP contribution in [0.25, 0.3) is 0 Å². The first kappa shape index (κ1) is 19.1. The van der Waals surface area contributed by atoms with Gasteiger partial charge in [0.2, 0.25) is 5.91 Å². The first-order valence-electron chi connectivity index (χ1n) is 9.30. The van der Waals surface area contributed by atoms with Gasteiger partial charge in [0.1, 0.15) is 5.75 Å². The van der Waals surface area contributed by atoms with Gasteiger partial charge in [0.05, 0.1) is 27.4 Å². The number of ether oxygens (including phenoxy) is 3. The van der Waals surface area contributed by atoms with Crippen molar-refractivity contribution in [1.82, 2.24) is 4.90 Å².